The Bertz CT molecular complexity index is 1240. The number of rotatable bonds is 4. The summed E-state index contributed by atoms with van der Waals surface area (Å²) >= 11 is 0. The predicted molar refractivity (Wildman–Crippen MR) is 131 cm³/mol. The van der Waals surface area contributed by atoms with Crippen LogP contribution in [0.25, 0.3) is 0 Å². The van der Waals surface area contributed by atoms with Crippen LogP contribution in [0.1, 0.15) is 73.4 Å². The number of aromatic hydroxyl groups is 1. The van der Waals surface area contributed by atoms with Crippen LogP contribution in [0, 0.1) is 0 Å². The number of benzene rings is 3. The number of hydrogen-bond donors (Lipinski definition) is 1. The average Bonchev–Trinajstić information content (AvgIpc) is 2.88. The van der Waals surface area contributed by atoms with E-state index in [0.717, 1.165) is 59.3 Å². The van der Waals surface area contributed by atoms with Crippen molar-refractivity contribution in [3.8, 4) is 11.5 Å². The van der Waals surface area contributed by atoms with Crippen LogP contribution >= 0.6 is 0 Å². The number of carbonyl (C=O) groups is 3. The molecule has 0 aromatic heterocycles. The molecule has 6 heteroatoms. The molecule has 1 N–H and O–H groups in total. The summed E-state index contributed by atoms with van der Waals surface area (Å²) in [6, 6.07) is 17.7. The number of hydrogen-bond acceptors (Lipinski definition) is 6. The van der Waals surface area contributed by atoms with Gasteiger partial charge in [-0.3, -0.25) is 9.59 Å². The van der Waals surface area contributed by atoms with E-state index < -0.39 is 0 Å². The maximum atomic E-state index is 11.8. The molecule has 0 aliphatic heterocycles. The Labute approximate surface area is 204 Å². The first-order chi connectivity index (χ1) is 16.9. The monoisotopic (exact) mass is 472 g/mol. The Morgan fingerprint density at radius 2 is 1.40 bits per heavy atom. The van der Waals surface area contributed by atoms with Crippen molar-refractivity contribution in [2.24, 2.45) is 0 Å². The molecule has 0 radical (unpaired) electrons. The summed E-state index contributed by atoms with van der Waals surface area (Å²) in [5.41, 5.74) is 5.16. The smallest absolute Gasteiger partial charge is 0.337 e. The lowest BCUT2D eigenvalue weighted by Crippen LogP contribution is -2.10. The van der Waals surface area contributed by atoms with Gasteiger partial charge in [0.1, 0.15) is 18.1 Å². The summed E-state index contributed by atoms with van der Waals surface area (Å²) in [6.07, 6.45) is 4.94. The molecule has 3 aromatic carbocycles. The van der Waals surface area contributed by atoms with Crippen LogP contribution in [0.3, 0.4) is 0 Å². The van der Waals surface area contributed by atoms with Crippen molar-refractivity contribution in [2.45, 2.75) is 45.1 Å². The maximum absolute atomic E-state index is 11.8. The lowest BCUT2D eigenvalue weighted by atomic mass is 9.90. The van der Waals surface area contributed by atoms with Crippen molar-refractivity contribution in [2.75, 3.05) is 7.11 Å². The van der Waals surface area contributed by atoms with Crippen LogP contribution in [-0.2, 0) is 24.2 Å². The van der Waals surface area contributed by atoms with E-state index in [4.69, 9.17) is 9.84 Å². The number of ether oxygens (including phenoxy) is 2. The van der Waals surface area contributed by atoms with Gasteiger partial charge >= 0.3 is 5.97 Å². The van der Waals surface area contributed by atoms with Crippen molar-refractivity contribution in [3.63, 3.8) is 0 Å². The molecule has 2 aliphatic rings. The fraction of sp³-hybridized carbons (Fsp3) is 0.276. The Hall–Kier alpha value is -3.93. The number of fused-ring (bicyclic) bond motifs is 2. The van der Waals surface area contributed by atoms with Gasteiger partial charge in [0.05, 0.1) is 12.7 Å². The van der Waals surface area contributed by atoms with Crippen molar-refractivity contribution in [1.29, 1.82) is 0 Å². The number of phenols is 1. The number of methoxy groups -OCH3 is 1. The molecule has 180 valence electrons. The topological polar surface area (TPSA) is 89.9 Å². The lowest BCUT2D eigenvalue weighted by Gasteiger charge is -2.16. The molecule has 5 rings (SSSR count). The quantitative estimate of drug-likeness (QED) is 0.506. The molecule has 0 heterocycles. The van der Waals surface area contributed by atoms with E-state index in [0.29, 0.717) is 25.0 Å². The first kappa shape index (κ1) is 24.2. The van der Waals surface area contributed by atoms with Gasteiger partial charge < -0.3 is 14.6 Å². The van der Waals surface area contributed by atoms with Gasteiger partial charge in [-0.25, -0.2) is 4.79 Å². The minimum absolute atomic E-state index is 0.205. The maximum Gasteiger partial charge on any atom is 0.337 e. The lowest BCUT2D eigenvalue weighted by molar-refractivity contribution is 0.0600. The molecular weight excluding hydrogens is 444 g/mol. The van der Waals surface area contributed by atoms with Gasteiger partial charge in [0.2, 0.25) is 0 Å². The van der Waals surface area contributed by atoms with Crippen LogP contribution in [-0.4, -0.2) is 29.8 Å². The first-order valence-electron chi connectivity index (χ1n) is 11.8. The number of aryl methyl sites for hydroxylation is 2. The van der Waals surface area contributed by atoms with Gasteiger partial charge in [0, 0.05) is 24.0 Å². The van der Waals surface area contributed by atoms with Crippen LogP contribution in [0.4, 0.5) is 0 Å². The SMILES string of the molecule is COC(=O)c1ccc(COc2ccc3c(c2)CCCC3=O)cc1.O=C1CCCc2cc(O)ccc21. The van der Waals surface area contributed by atoms with Gasteiger partial charge in [-0.05, 0) is 90.9 Å². The van der Waals surface area contributed by atoms with E-state index in [-0.39, 0.29) is 23.3 Å². The highest BCUT2D eigenvalue weighted by atomic mass is 16.5. The van der Waals surface area contributed by atoms with Crippen molar-refractivity contribution >= 4 is 17.5 Å². The van der Waals surface area contributed by atoms with Crippen molar-refractivity contribution in [1.82, 2.24) is 0 Å². The molecule has 0 saturated carbocycles. The second kappa shape index (κ2) is 11.0. The van der Waals surface area contributed by atoms with Gasteiger partial charge in [-0.1, -0.05) is 12.1 Å². The highest BCUT2D eigenvalue weighted by molar-refractivity contribution is 5.99. The Balaban J connectivity index is 0.000000201. The van der Waals surface area contributed by atoms with E-state index in [1.54, 1.807) is 30.3 Å². The van der Waals surface area contributed by atoms with Crippen LogP contribution in [0.2, 0.25) is 0 Å². The third-order valence-electron chi connectivity index (χ3n) is 6.25. The molecule has 35 heavy (non-hydrogen) atoms. The standard InChI is InChI=1S/C19H18O4.C10H10O2/c1-22-19(21)14-7-5-13(6-8-14)12-23-16-9-10-17-15(11-16)3-2-4-18(17)20;11-8-4-5-9-7(6-8)2-1-3-10(9)12/h5-11H,2-4,12H2,1H3;4-6,11H,1-3H2. The van der Waals surface area contributed by atoms with E-state index in [2.05, 4.69) is 4.74 Å². The van der Waals surface area contributed by atoms with E-state index >= 15 is 0 Å². The third kappa shape index (κ3) is 5.96. The highest BCUT2D eigenvalue weighted by Gasteiger charge is 2.18. The zero-order valence-electron chi connectivity index (χ0n) is 19.7. The average molecular weight is 473 g/mol. The molecule has 0 spiro atoms. The van der Waals surface area contributed by atoms with Crippen molar-refractivity contribution in [3.05, 3.63) is 94.0 Å². The summed E-state index contributed by atoms with van der Waals surface area (Å²) in [5.74, 6) is 1.09. The largest absolute Gasteiger partial charge is 0.508 e. The van der Waals surface area contributed by atoms with Gasteiger partial charge in [-0.15, -0.1) is 0 Å². The van der Waals surface area contributed by atoms with Gasteiger partial charge in [-0.2, -0.15) is 0 Å². The molecule has 0 amide bonds. The minimum Gasteiger partial charge on any atom is -0.508 e. The van der Waals surface area contributed by atoms with Crippen LogP contribution in [0.15, 0.2) is 60.7 Å². The predicted octanol–water partition coefficient (Wildman–Crippen LogP) is 5.48. The summed E-state index contributed by atoms with van der Waals surface area (Å²) < 4.78 is 10.5. The Morgan fingerprint density at radius 1 is 0.800 bits per heavy atom. The molecule has 0 bridgehead atoms. The number of esters is 1. The number of Topliss-reactive ketones (excluding diaryl/α,β-unsaturated/α-hetero) is 2. The van der Waals surface area contributed by atoms with Crippen LogP contribution in [0.5, 0.6) is 11.5 Å². The highest BCUT2D eigenvalue weighted by Crippen LogP contribution is 2.26. The fourth-order valence-electron chi connectivity index (χ4n) is 4.37. The number of ketones is 2. The number of phenolic OH excluding ortho intramolecular Hbond substituents is 1. The van der Waals surface area contributed by atoms with E-state index in [1.165, 1.54) is 7.11 Å². The minimum atomic E-state index is -0.350. The van der Waals surface area contributed by atoms with Gasteiger partial charge in [0.25, 0.3) is 0 Å². The number of carbonyl (C=O) groups excluding carboxylic acids is 3. The molecule has 0 atom stereocenters. The molecule has 6 nitrogen and oxygen atoms in total. The molecule has 0 unspecified atom stereocenters. The summed E-state index contributed by atoms with van der Waals surface area (Å²) in [7, 11) is 1.36. The molecule has 3 aromatic rings. The van der Waals surface area contributed by atoms with Gasteiger partial charge in [0.15, 0.2) is 11.6 Å². The molecule has 0 fully saturated rings. The normalized spacial score (nSPS) is 14.2. The second-order valence-corrected chi connectivity index (χ2v) is 8.69. The first-order valence-corrected chi connectivity index (χ1v) is 11.8. The van der Waals surface area contributed by atoms with E-state index in [9.17, 15) is 14.4 Å². The van der Waals surface area contributed by atoms with E-state index in [1.807, 2.05) is 30.3 Å². The molecule has 2 aliphatic carbocycles. The second-order valence-electron chi connectivity index (χ2n) is 8.69. The zero-order chi connectivity index (χ0) is 24.8. The Kier molecular flexibility index (Phi) is 7.60. The summed E-state index contributed by atoms with van der Waals surface area (Å²) in [5, 5.41) is 9.16. The fourth-order valence-corrected chi connectivity index (χ4v) is 4.37. The zero-order valence-corrected chi connectivity index (χ0v) is 19.7. The Morgan fingerprint density at radius 3 is 2.03 bits per heavy atom. The van der Waals surface area contributed by atoms with Crippen LogP contribution < -0.4 is 4.74 Å². The third-order valence-corrected chi connectivity index (χ3v) is 6.25. The summed E-state index contributed by atoms with van der Waals surface area (Å²) in [4.78, 5) is 34.5. The molecular formula is C29H28O6. The summed E-state index contributed by atoms with van der Waals surface area (Å²) in [6.45, 7) is 0.411. The van der Waals surface area contributed by atoms with Crippen molar-refractivity contribution < 1.29 is 29.0 Å². The molecule has 0 saturated heterocycles.